The molecule has 2 aromatic carbocycles. The smallest absolute Gasteiger partial charge is 0.254 e. The molecule has 8 heteroatoms. The number of nitrogens with one attached hydrogen (secondary N) is 1. The fraction of sp³-hybridized carbons (Fsp3) is 0.0556. The van der Waals surface area contributed by atoms with Crippen LogP contribution < -0.4 is 10.9 Å². The van der Waals surface area contributed by atoms with Crippen molar-refractivity contribution < 1.29 is 18.0 Å². The minimum absolute atomic E-state index is 0.0674. The molecular weight excluding hydrogens is 347 g/mol. The van der Waals surface area contributed by atoms with E-state index in [1.165, 1.54) is 42.7 Å². The molecular formula is C18H12F3N3O2. The normalized spacial score (nSPS) is 10.6. The Morgan fingerprint density at radius 3 is 2.38 bits per heavy atom. The van der Waals surface area contributed by atoms with Crippen molar-refractivity contribution in [2.24, 2.45) is 0 Å². The van der Waals surface area contributed by atoms with Gasteiger partial charge in [0.15, 0.2) is 11.6 Å². The molecule has 0 spiro atoms. The molecule has 0 fully saturated rings. The Morgan fingerprint density at radius 2 is 1.73 bits per heavy atom. The van der Waals surface area contributed by atoms with E-state index in [0.717, 1.165) is 16.7 Å². The van der Waals surface area contributed by atoms with Crippen molar-refractivity contribution in [2.75, 3.05) is 5.32 Å². The van der Waals surface area contributed by atoms with E-state index in [2.05, 4.69) is 10.3 Å². The average molecular weight is 359 g/mol. The summed E-state index contributed by atoms with van der Waals surface area (Å²) in [6.07, 6.45) is 1.19. The van der Waals surface area contributed by atoms with E-state index in [0.29, 0.717) is 11.3 Å². The second kappa shape index (κ2) is 7.22. The van der Waals surface area contributed by atoms with Crippen LogP contribution in [0.5, 0.6) is 0 Å². The predicted octanol–water partition coefficient (Wildman–Crippen LogP) is 2.97. The van der Waals surface area contributed by atoms with Crippen LogP contribution in [0.25, 0.3) is 11.3 Å². The Balaban J connectivity index is 1.73. The van der Waals surface area contributed by atoms with Crippen molar-refractivity contribution in [3.8, 4) is 11.3 Å². The Labute approximate surface area is 145 Å². The van der Waals surface area contributed by atoms with E-state index in [9.17, 15) is 22.8 Å². The molecule has 1 amide bonds. The molecule has 0 unspecified atom stereocenters. The lowest BCUT2D eigenvalue weighted by Gasteiger charge is -2.08. The first kappa shape index (κ1) is 17.4. The van der Waals surface area contributed by atoms with Crippen LogP contribution in [0.2, 0.25) is 0 Å². The summed E-state index contributed by atoms with van der Waals surface area (Å²) in [6.45, 7) is -0.353. The standard InChI is InChI=1S/C18H12F3N3O2/c19-12-3-1-11(2-4-12)16-8-18(26)24(10-22-16)9-17(25)23-13-5-6-14(20)15(21)7-13/h1-8,10H,9H2,(H,23,25). The summed E-state index contributed by atoms with van der Waals surface area (Å²) in [4.78, 5) is 28.2. The van der Waals surface area contributed by atoms with E-state index < -0.39 is 28.9 Å². The summed E-state index contributed by atoms with van der Waals surface area (Å²) < 4.78 is 40.0. The van der Waals surface area contributed by atoms with Crippen LogP contribution in [-0.4, -0.2) is 15.5 Å². The summed E-state index contributed by atoms with van der Waals surface area (Å²) in [5.41, 5.74) is 0.478. The highest BCUT2D eigenvalue weighted by Crippen LogP contribution is 2.15. The molecule has 0 aliphatic carbocycles. The summed E-state index contributed by atoms with van der Waals surface area (Å²) in [6, 6.07) is 9.61. The first-order valence-electron chi connectivity index (χ1n) is 7.50. The monoisotopic (exact) mass is 359 g/mol. The van der Waals surface area contributed by atoms with Gasteiger partial charge in [-0.25, -0.2) is 18.2 Å². The molecule has 0 saturated carbocycles. The van der Waals surface area contributed by atoms with E-state index in [4.69, 9.17) is 0 Å². The van der Waals surface area contributed by atoms with Crippen LogP contribution in [0.15, 0.2) is 59.7 Å². The number of benzene rings is 2. The largest absolute Gasteiger partial charge is 0.324 e. The van der Waals surface area contributed by atoms with Crippen LogP contribution >= 0.6 is 0 Å². The SMILES string of the molecule is O=C(Cn1cnc(-c2ccc(F)cc2)cc1=O)Nc1ccc(F)c(F)c1. The highest BCUT2D eigenvalue weighted by atomic mass is 19.2. The molecule has 132 valence electrons. The Morgan fingerprint density at radius 1 is 1.00 bits per heavy atom. The summed E-state index contributed by atoms with van der Waals surface area (Å²) in [5.74, 6) is -3.13. The van der Waals surface area contributed by atoms with Crippen LogP contribution in [0.4, 0.5) is 18.9 Å². The number of halogens is 3. The third kappa shape index (κ3) is 3.97. The third-order valence-electron chi connectivity index (χ3n) is 3.54. The number of carbonyl (C=O) groups is 1. The van der Waals surface area contributed by atoms with E-state index in [1.54, 1.807) is 0 Å². The van der Waals surface area contributed by atoms with Crippen LogP contribution in [-0.2, 0) is 11.3 Å². The van der Waals surface area contributed by atoms with Gasteiger partial charge in [-0.1, -0.05) is 0 Å². The van der Waals surface area contributed by atoms with Crippen LogP contribution in [0.1, 0.15) is 0 Å². The van der Waals surface area contributed by atoms with Crippen molar-refractivity contribution in [1.29, 1.82) is 0 Å². The minimum atomic E-state index is -1.09. The van der Waals surface area contributed by atoms with Gasteiger partial charge in [0.1, 0.15) is 12.4 Å². The zero-order valence-corrected chi connectivity index (χ0v) is 13.2. The summed E-state index contributed by atoms with van der Waals surface area (Å²) in [5, 5.41) is 2.36. The molecule has 26 heavy (non-hydrogen) atoms. The second-order valence-corrected chi connectivity index (χ2v) is 5.42. The zero-order valence-electron chi connectivity index (χ0n) is 13.2. The van der Waals surface area contributed by atoms with Crippen LogP contribution in [0, 0.1) is 17.5 Å². The van der Waals surface area contributed by atoms with Crippen molar-refractivity contribution in [3.63, 3.8) is 0 Å². The van der Waals surface area contributed by atoms with Gasteiger partial charge in [-0.15, -0.1) is 0 Å². The number of hydrogen-bond acceptors (Lipinski definition) is 3. The molecule has 1 heterocycles. The lowest BCUT2D eigenvalue weighted by atomic mass is 10.1. The number of nitrogens with zero attached hydrogens (tertiary/aromatic N) is 2. The van der Waals surface area contributed by atoms with Gasteiger partial charge < -0.3 is 5.32 Å². The van der Waals surface area contributed by atoms with Gasteiger partial charge in [0.2, 0.25) is 5.91 Å². The maximum absolute atomic E-state index is 13.1. The fourth-order valence-electron chi connectivity index (χ4n) is 2.25. The highest BCUT2D eigenvalue weighted by Gasteiger charge is 2.09. The van der Waals surface area contributed by atoms with Gasteiger partial charge in [-0.3, -0.25) is 14.2 Å². The molecule has 1 N–H and O–H groups in total. The van der Waals surface area contributed by atoms with Crippen molar-refractivity contribution in [2.45, 2.75) is 6.54 Å². The van der Waals surface area contributed by atoms with E-state index in [-0.39, 0.29) is 12.2 Å². The fourth-order valence-corrected chi connectivity index (χ4v) is 2.25. The minimum Gasteiger partial charge on any atom is -0.324 e. The maximum Gasteiger partial charge on any atom is 0.254 e. The number of amides is 1. The van der Waals surface area contributed by atoms with Crippen LogP contribution in [0.3, 0.4) is 0 Å². The van der Waals surface area contributed by atoms with Gasteiger partial charge in [0.05, 0.1) is 12.0 Å². The van der Waals surface area contributed by atoms with E-state index in [1.807, 2.05) is 0 Å². The molecule has 0 aliphatic rings. The lowest BCUT2D eigenvalue weighted by Crippen LogP contribution is -2.27. The quantitative estimate of drug-likeness (QED) is 0.779. The number of aromatic nitrogens is 2. The molecule has 3 rings (SSSR count). The predicted molar refractivity (Wildman–Crippen MR) is 88.9 cm³/mol. The van der Waals surface area contributed by atoms with Crippen molar-refractivity contribution in [3.05, 3.63) is 82.7 Å². The Bertz CT molecular complexity index is 1020. The lowest BCUT2D eigenvalue weighted by molar-refractivity contribution is -0.116. The van der Waals surface area contributed by atoms with Gasteiger partial charge in [0.25, 0.3) is 5.56 Å². The van der Waals surface area contributed by atoms with Gasteiger partial charge in [0, 0.05) is 23.4 Å². The van der Waals surface area contributed by atoms with E-state index >= 15 is 0 Å². The first-order valence-corrected chi connectivity index (χ1v) is 7.50. The molecule has 1 aromatic heterocycles. The molecule has 0 radical (unpaired) electrons. The number of anilines is 1. The topological polar surface area (TPSA) is 64.0 Å². The average Bonchev–Trinajstić information content (AvgIpc) is 2.60. The zero-order chi connectivity index (χ0) is 18.7. The molecule has 5 nitrogen and oxygen atoms in total. The molecule has 0 saturated heterocycles. The first-order chi connectivity index (χ1) is 12.4. The highest BCUT2D eigenvalue weighted by molar-refractivity contribution is 5.90. The van der Waals surface area contributed by atoms with Gasteiger partial charge in [-0.05, 0) is 36.4 Å². The summed E-state index contributed by atoms with van der Waals surface area (Å²) in [7, 11) is 0. The van der Waals surface area contributed by atoms with Gasteiger partial charge in [-0.2, -0.15) is 0 Å². The van der Waals surface area contributed by atoms with Gasteiger partial charge >= 0.3 is 0 Å². The molecule has 0 aliphatic heterocycles. The molecule has 0 atom stereocenters. The Kier molecular flexibility index (Phi) is 4.83. The molecule has 0 bridgehead atoms. The maximum atomic E-state index is 13.1. The second-order valence-electron chi connectivity index (χ2n) is 5.42. The Hall–Kier alpha value is -3.42. The number of hydrogen-bond donors (Lipinski definition) is 1. The molecule has 3 aromatic rings. The number of rotatable bonds is 4. The van der Waals surface area contributed by atoms with Crippen molar-refractivity contribution >= 4 is 11.6 Å². The number of carbonyl (C=O) groups excluding carboxylic acids is 1. The van der Waals surface area contributed by atoms with Crippen molar-refractivity contribution in [1.82, 2.24) is 9.55 Å². The summed E-state index contributed by atoms with van der Waals surface area (Å²) >= 11 is 0. The third-order valence-corrected chi connectivity index (χ3v) is 3.54.